The molecule has 0 N–H and O–H groups in total. The van der Waals surface area contributed by atoms with Gasteiger partial charge in [0.2, 0.25) is 0 Å². The maximum absolute atomic E-state index is 6.78. The quantitative estimate of drug-likeness (QED) is 0.150. The summed E-state index contributed by atoms with van der Waals surface area (Å²) in [5.74, 6) is 2.26. The molecule has 8 aromatic rings. The second-order valence-electron chi connectivity index (χ2n) is 13.9. The van der Waals surface area contributed by atoms with Crippen LogP contribution in [0, 0.1) is 34.6 Å². The Balaban J connectivity index is 1.20. The lowest BCUT2D eigenvalue weighted by molar-refractivity contribution is 0.483. The first kappa shape index (κ1) is 34.4. The van der Waals surface area contributed by atoms with Crippen molar-refractivity contribution in [1.82, 2.24) is 14.5 Å². The number of ether oxygens (including phenoxy) is 1. The number of aryl methyl sites for hydroxylation is 5. The van der Waals surface area contributed by atoms with Crippen molar-refractivity contribution in [2.24, 2.45) is 0 Å². The van der Waals surface area contributed by atoms with Crippen LogP contribution in [0.15, 0.2) is 164 Å². The minimum Gasteiger partial charge on any atom is -0.457 e. The lowest BCUT2D eigenvalue weighted by Gasteiger charge is -2.25. The fourth-order valence-corrected chi connectivity index (χ4v) is 7.44. The van der Waals surface area contributed by atoms with Crippen LogP contribution >= 0.6 is 0 Å². The summed E-state index contributed by atoms with van der Waals surface area (Å²) in [4.78, 5) is 12.0. The van der Waals surface area contributed by atoms with Crippen LogP contribution in [0.1, 0.15) is 27.8 Å². The molecule has 5 nitrogen and oxygen atoms in total. The number of nitrogens with zero attached hydrogens (tertiary/aromatic N) is 4. The van der Waals surface area contributed by atoms with Crippen LogP contribution < -0.4 is 9.64 Å². The van der Waals surface area contributed by atoms with E-state index in [1.165, 1.54) is 33.4 Å². The lowest BCUT2D eigenvalue weighted by Crippen LogP contribution is -2.11. The van der Waals surface area contributed by atoms with Gasteiger partial charge in [0.15, 0.2) is 0 Å². The summed E-state index contributed by atoms with van der Waals surface area (Å²) >= 11 is 0. The molecule has 5 heteroatoms. The smallest absolute Gasteiger partial charge is 0.138 e. The first-order valence-corrected chi connectivity index (χ1v) is 18.3. The number of pyridine rings is 1. The molecule has 0 bridgehead atoms. The van der Waals surface area contributed by atoms with E-state index in [1.807, 2.05) is 30.7 Å². The molecule has 0 radical (unpaired) electrons. The van der Waals surface area contributed by atoms with Gasteiger partial charge < -0.3 is 9.30 Å². The van der Waals surface area contributed by atoms with E-state index in [0.29, 0.717) is 5.75 Å². The molecule has 0 saturated heterocycles. The predicted octanol–water partition coefficient (Wildman–Crippen LogP) is 13.1. The van der Waals surface area contributed by atoms with Crippen LogP contribution in [-0.4, -0.2) is 14.5 Å². The number of imidazole rings is 1. The Morgan fingerprint density at radius 2 is 1.15 bits per heavy atom. The molecule has 2 heterocycles. The number of hydrogen-bond donors (Lipinski definition) is 0. The zero-order valence-corrected chi connectivity index (χ0v) is 31.3. The zero-order chi connectivity index (χ0) is 37.2. The monoisotopic (exact) mass is 702 g/mol. The number of para-hydroxylation sites is 2. The van der Waals surface area contributed by atoms with Crippen molar-refractivity contribution in [2.45, 2.75) is 34.6 Å². The second-order valence-corrected chi connectivity index (χ2v) is 13.9. The van der Waals surface area contributed by atoms with Crippen molar-refractivity contribution in [1.29, 1.82) is 0 Å². The molecule has 8 rings (SSSR count). The number of hydrogen-bond acceptors (Lipinski definition) is 4. The van der Waals surface area contributed by atoms with Crippen molar-refractivity contribution >= 4 is 17.2 Å². The van der Waals surface area contributed by atoms with Crippen molar-refractivity contribution in [3.8, 4) is 50.7 Å². The molecule has 0 aliphatic rings. The van der Waals surface area contributed by atoms with E-state index >= 15 is 0 Å². The van der Waals surface area contributed by atoms with Gasteiger partial charge >= 0.3 is 0 Å². The minimum atomic E-state index is 0.716. The highest BCUT2D eigenvalue weighted by molar-refractivity contribution is 5.80. The Morgan fingerprint density at radius 1 is 0.500 bits per heavy atom. The summed E-state index contributed by atoms with van der Waals surface area (Å²) < 4.78 is 8.89. The fourth-order valence-electron chi connectivity index (χ4n) is 7.44. The summed E-state index contributed by atoms with van der Waals surface area (Å²) in [6, 6.07) is 50.5. The van der Waals surface area contributed by atoms with Crippen LogP contribution in [0.5, 0.6) is 11.5 Å². The van der Waals surface area contributed by atoms with E-state index in [2.05, 4.69) is 178 Å². The molecule has 264 valence electrons. The van der Waals surface area contributed by atoms with Gasteiger partial charge in [-0.25, -0.2) is 9.97 Å². The molecule has 2 aromatic heterocycles. The van der Waals surface area contributed by atoms with Crippen LogP contribution in [-0.2, 0) is 0 Å². The molecule has 0 aliphatic carbocycles. The van der Waals surface area contributed by atoms with E-state index in [9.17, 15) is 0 Å². The van der Waals surface area contributed by atoms with E-state index in [0.717, 1.165) is 56.6 Å². The highest BCUT2D eigenvalue weighted by atomic mass is 16.5. The highest BCUT2D eigenvalue weighted by Gasteiger charge is 2.18. The molecule has 0 amide bonds. The molecule has 0 aliphatic heterocycles. The molecule has 0 spiro atoms. The van der Waals surface area contributed by atoms with Gasteiger partial charge in [-0.05, 0) is 139 Å². The van der Waals surface area contributed by atoms with Gasteiger partial charge in [0.1, 0.15) is 17.3 Å². The Bertz CT molecular complexity index is 2560. The largest absolute Gasteiger partial charge is 0.457 e. The standard InChI is InChI=1S/C49H42N4O/c1-33-14-9-10-23-45(33)39-26-40(46-31-52(32-51-46)49-36(4)17-12-18-37(49)5)28-44(27-39)54-43-22-13-21-42(30-43)53(41-19-7-6-8-20-41)47-29-38(24-25-50-47)48-34(2)15-11-16-35(48)3/h6-32H,1-5H3. The molecule has 0 atom stereocenters. The Labute approximate surface area is 317 Å². The van der Waals surface area contributed by atoms with E-state index in [-0.39, 0.29) is 0 Å². The van der Waals surface area contributed by atoms with Gasteiger partial charge in [0, 0.05) is 29.7 Å². The SMILES string of the molecule is Cc1ccccc1-c1cc(Oc2cccc(N(c3ccccc3)c3cc(-c4c(C)cccc4C)ccn3)c2)cc(-c2cn(-c3c(C)cccc3C)cn2)c1. The highest BCUT2D eigenvalue weighted by Crippen LogP contribution is 2.40. The van der Waals surface area contributed by atoms with Crippen LogP contribution in [0.4, 0.5) is 17.2 Å². The van der Waals surface area contributed by atoms with Gasteiger partial charge in [-0.1, -0.05) is 84.9 Å². The maximum atomic E-state index is 6.78. The van der Waals surface area contributed by atoms with Crippen molar-refractivity contribution in [2.75, 3.05) is 4.90 Å². The Hall–Kier alpha value is -6.72. The second kappa shape index (κ2) is 14.7. The number of aromatic nitrogens is 3. The number of anilines is 3. The third kappa shape index (κ3) is 6.92. The zero-order valence-electron chi connectivity index (χ0n) is 31.3. The molecule has 6 aromatic carbocycles. The molecular weight excluding hydrogens is 661 g/mol. The minimum absolute atomic E-state index is 0.716. The van der Waals surface area contributed by atoms with Crippen molar-refractivity contribution < 1.29 is 4.74 Å². The van der Waals surface area contributed by atoms with Crippen LogP contribution in [0.3, 0.4) is 0 Å². The molecule has 0 unspecified atom stereocenters. The summed E-state index contributed by atoms with van der Waals surface area (Å²) in [5, 5.41) is 0. The summed E-state index contributed by atoms with van der Waals surface area (Å²) in [6.45, 7) is 10.7. The Morgan fingerprint density at radius 3 is 1.91 bits per heavy atom. The third-order valence-electron chi connectivity index (χ3n) is 10.0. The first-order valence-electron chi connectivity index (χ1n) is 18.3. The normalized spacial score (nSPS) is 11.1. The van der Waals surface area contributed by atoms with E-state index in [1.54, 1.807) is 0 Å². The third-order valence-corrected chi connectivity index (χ3v) is 10.0. The van der Waals surface area contributed by atoms with Crippen molar-refractivity contribution in [3.63, 3.8) is 0 Å². The molecule has 0 fully saturated rings. The first-order chi connectivity index (χ1) is 26.3. The van der Waals surface area contributed by atoms with E-state index < -0.39 is 0 Å². The topological polar surface area (TPSA) is 43.2 Å². The average Bonchev–Trinajstić information content (AvgIpc) is 3.66. The Kier molecular flexibility index (Phi) is 9.37. The maximum Gasteiger partial charge on any atom is 0.138 e. The fraction of sp³-hybridized carbons (Fsp3) is 0.102. The summed E-state index contributed by atoms with van der Waals surface area (Å²) in [5.41, 5.74) is 15.6. The van der Waals surface area contributed by atoms with Crippen LogP contribution in [0.2, 0.25) is 0 Å². The van der Waals surface area contributed by atoms with Gasteiger partial charge in [0.05, 0.1) is 23.4 Å². The van der Waals surface area contributed by atoms with Gasteiger partial charge in [0.25, 0.3) is 0 Å². The van der Waals surface area contributed by atoms with Crippen molar-refractivity contribution in [3.05, 3.63) is 192 Å². The van der Waals surface area contributed by atoms with Gasteiger partial charge in [-0.15, -0.1) is 0 Å². The van der Waals surface area contributed by atoms with Gasteiger partial charge in [-0.2, -0.15) is 0 Å². The predicted molar refractivity (Wildman–Crippen MR) is 223 cm³/mol. The summed E-state index contributed by atoms with van der Waals surface area (Å²) in [6.07, 6.45) is 5.90. The summed E-state index contributed by atoms with van der Waals surface area (Å²) in [7, 11) is 0. The lowest BCUT2D eigenvalue weighted by atomic mass is 9.96. The van der Waals surface area contributed by atoms with E-state index in [4.69, 9.17) is 14.7 Å². The molecule has 0 saturated carbocycles. The van der Waals surface area contributed by atoms with Gasteiger partial charge in [-0.3, -0.25) is 4.90 Å². The van der Waals surface area contributed by atoms with Crippen LogP contribution in [0.25, 0.3) is 39.2 Å². The molecular formula is C49H42N4O. The molecule has 54 heavy (non-hydrogen) atoms. The number of rotatable bonds is 9. The average molecular weight is 703 g/mol. The number of benzene rings is 6.